The minimum atomic E-state index is -3.93. The highest BCUT2D eigenvalue weighted by molar-refractivity contribution is 7.99. The van der Waals surface area contributed by atoms with Crippen molar-refractivity contribution < 1.29 is 21.2 Å². The topological polar surface area (TPSA) is 71.5 Å². The van der Waals surface area contributed by atoms with Crippen LogP contribution in [0.25, 0.3) is 0 Å². The van der Waals surface area contributed by atoms with Crippen molar-refractivity contribution >= 4 is 31.0 Å². The molecule has 3 aliphatic rings. The average Bonchev–Trinajstić information content (AvgIpc) is 2.89. The number of sulfone groups is 2. The van der Waals surface area contributed by atoms with Crippen molar-refractivity contribution in [3.05, 3.63) is 108 Å². The highest BCUT2D eigenvalue weighted by Gasteiger charge is 2.49. The van der Waals surface area contributed by atoms with Crippen molar-refractivity contribution in [2.24, 2.45) is 0 Å². The number of benzene rings is 3. The van der Waals surface area contributed by atoms with Gasteiger partial charge in [0.1, 0.15) is 10.5 Å². The molecule has 0 saturated carbocycles. The van der Waals surface area contributed by atoms with E-state index in [9.17, 15) is 16.8 Å². The Bertz CT molecular complexity index is 1600. The number of nitrogens with zero attached hydrogens (tertiary/aromatic N) is 1. The van der Waals surface area contributed by atoms with Gasteiger partial charge in [0.25, 0.3) is 0 Å². The third-order valence-corrected chi connectivity index (χ3v) is 11.2. The highest BCUT2D eigenvalue weighted by Crippen LogP contribution is 2.48. The second-order valence-corrected chi connectivity index (χ2v) is 12.6. The fourth-order valence-electron chi connectivity index (χ4n) is 5.05. The number of hydrogen-bond acceptors (Lipinski definition) is 5. The smallest absolute Gasteiger partial charge is 0.187 e. The molecule has 3 aromatic rings. The lowest BCUT2D eigenvalue weighted by molar-refractivity contribution is 0.559. The van der Waals surface area contributed by atoms with Gasteiger partial charge >= 0.3 is 0 Å². The Kier molecular flexibility index (Phi) is 3.83. The van der Waals surface area contributed by atoms with Crippen molar-refractivity contribution in [2.45, 2.75) is 33.1 Å². The van der Waals surface area contributed by atoms with Crippen molar-refractivity contribution in [1.82, 2.24) is 0 Å². The largest absolute Gasteiger partial charge is 0.310 e. The lowest BCUT2D eigenvalue weighted by Crippen LogP contribution is -2.44. The zero-order valence-electron chi connectivity index (χ0n) is 20.7. The molecule has 0 radical (unpaired) electrons. The molecule has 0 bridgehead atoms. The summed E-state index contributed by atoms with van der Waals surface area (Å²) in [5, 5.41) is -2.43. The third-order valence-electron chi connectivity index (χ3n) is 6.65. The van der Waals surface area contributed by atoms with E-state index in [1.165, 1.54) is 18.2 Å². The predicted molar refractivity (Wildman–Crippen MR) is 130 cm³/mol. The summed E-state index contributed by atoms with van der Waals surface area (Å²) in [5.74, 6) is -0.996. The van der Waals surface area contributed by atoms with E-state index in [2.05, 4.69) is 0 Å². The van der Waals surface area contributed by atoms with Gasteiger partial charge < -0.3 is 4.90 Å². The van der Waals surface area contributed by atoms with Crippen molar-refractivity contribution in [3.63, 3.8) is 0 Å². The molecule has 3 aromatic carbocycles. The number of para-hydroxylation sites is 2. The molecule has 2 atom stereocenters. The second kappa shape index (κ2) is 6.92. The quantitative estimate of drug-likeness (QED) is 0.491. The first-order valence-corrected chi connectivity index (χ1v) is 13.7. The van der Waals surface area contributed by atoms with Gasteiger partial charge in [-0.3, -0.25) is 0 Å². The first-order valence-electron chi connectivity index (χ1n) is 12.1. The molecule has 168 valence electrons. The third kappa shape index (κ3) is 2.75. The first kappa shape index (κ1) is 18.3. The fourth-order valence-corrected chi connectivity index (χ4v) is 9.93. The Balaban J connectivity index is 0.00000130. The van der Waals surface area contributed by atoms with Gasteiger partial charge in [-0.2, -0.15) is 0 Å². The predicted octanol–water partition coefficient (Wildman–Crippen LogP) is 4.99. The van der Waals surface area contributed by atoms with Gasteiger partial charge in [-0.1, -0.05) is 61.5 Å². The zero-order valence-corrected chi connectivity index (χ0v) is 19.3. The van der Waals surface area contributed by atoms with E-state index >= 15 is 0 Å². The van der Waals surface area contributed by atoms with Crippen molar-refractivity contribution in [1.29, 1.82) is 0 Å². The maximum atomic E-state index is 13.6. The molecule has 0 saturated heterocycles. The number of fused-ring (bicyclic) bond motifs is 4. The van der Waals surface area contributed by atoms with Gasteiger partial charge in [-0.05, 0) is 47.5 Å². The number of anilines is 2. The average molecular weight is 481 g/mol. The van der Waals surface area contributed by atoms with Crippen LogP contribution in [-0.4, -0.2) is 27.3 Å². The van der Waals surface area contributed by atoms with Crippen LogP contribution >= 0.6 is 0 Å². The van der Waals surface area contributed by atoms with Gasteiger partial charge in [-0.15, -0.1) is 0 Å². The van der Waals surface area contributed by atoms with Crippen LogP contribution in [0.2, 0.25) is 0 Å². The Morgan fingerprint density at radius 1 is 0.788 bits per heavy atom. The van der Waals surface area contributed by atoms with Crippen LogP contribution in [0.3, 0.4) is 0 Å². The molecule has 2 heterocycles. The van der Waals surface area contributed by atoms with Gasteiger partial charge in [-0.25, -0.2) is 16.8 Å². The summed E-state index contributed by atoms with van der Waals surface area (Å²) in [6.07, 6.45) is 4.72. The van der Waals surface area contributed by atoms with Gasteiger partial charge in [0.2, 0.25) is 0 Å². The summed E-state index contributed by atoms with van der Waals surface area (Å²) in [6, 6.07) is 20.9. The Morgan fingerprint density at radius 2 is 1.27 bits per heavy atom. The fraction of sp³-hybridized carbons (Fsp3) is 0.154. The van der Waals surface area contributed by atoms with Crippen molar-refractivity contribution in [3.8, 4) is 0 Å². The van der Waals surface area contributed by atoms with Crippen LogP contribution in [0.15, 0.2) is 107 Å². The SMILES string of the molecule is [2H]C1(C)c2ccccc2N(C2=CC3C(C=C2)S(=O)(=O)c2ccccc2S3(=O)=O)c2ccccc21.[2H][2H]. The molecule has 6 rings (SSSR count). The van der Waals surface area contributed by atoms with Crippen LogP contribution in [0.1, 0.15) is 28.3 Å². The van der Waals surface area contributed by atoms with E-state index in [1.54, 1.807) is 24.3 Å². The van der Waals surface area contributed by atoms with E-state index in [4.69, 9.17) is 4.34 Å². The summed E-state index contributed by atoms with van der Waals surface area (Å²) in [5.41, 5.74) is 3.67. The maximum Gasteiger partial charge on any atom is 0.187 e. The summed E-state index contributed by atoms with van der Waals surface area (Å²) < 4.78 is 72.8. The molecule has 0 aromatic heterocycles. The number of allylic oxidation sites excluding steroid dienone is 1. The van der Waals surface area contributed by atoms with Crippen LogP contribution in [0, 0.1) is 0 Å². The van der Waals surface area contributed by atoms with E-state index < -0.39 is 36.1 Å². The molecule has 0 amide bonds. The summed E-state index contributed by atoms with van der Waals surface area (Å²) in [7, 11) is -7.80. The van der Waals surface area contributed by atoms with Crippen LogP contribution in [-0.2, 0) is 19.7 Å². The summed E-state index contributed by atoms with van der Waals surface area (Å²) in [4.78, 5) is 1.63. The van der Waals surface area contributed by atoms with Crippen LogP contribution in [0.4, 0.5) is 11.4 Å². The van der Waals surface area contributed by atoms with Crippen LogP contribution < -0.4 is 4.90 Å². The Morgan fingerprint density at radius 3 is 1.85 bits per heavy atom. The molecular formula is C26H23NO4S2. The lowest BCUT2D eigenvalue weighted by atomic mass is 9.85. The maximum absolute atomic E-state index is 13.6. The molecule has 0 spiro atoms. The van der Waals surface area contributed by atoms with Crippen LogP contribution in [0.5, 0.6) is 0 Å². The van der Waals surface area contributed by atoms with Gasteiger partial charge in [0.05, 0.1) is 9.79 Å². The molecule has 2 aliphatic heterocycles. The van der Waals surface area contributed by atoms with Gasteiger partial charge in [0, 0.05) is 27.3 Å². The second-order valence-electron chi connectivity index (χ2n) is 8.41. The van der Waals surface area contributed by atoms with Crippen molar-refractivity contribution in [2.75, 3.05) is 4.90 Å². The van der Waals surface area contributed by atoms with E-state index in [-0.39, 0.29) is 9.79 Å². The lowest BCUT2D eigenvalue weighted by Gasteiger charge is -2.39. The molecule has 7 heteroatoms. The first-order chi connectivity index (χ1) is 17.1. The minimum absolute atomic E-state index is 0.142. The van der Waals surface area contributed by atoms with E-state index in [0.29, 0.717) is 5.70 Å². The van der Waals surface area contributed by atoms with E-state index in [1.807, 2.05) is 60.4 Å². The summed E-state index contributed by atoms with van der Waals surface area (Å²) in [6.45, 7) is 1.85. The Labute approximate surface area is 198 Å². The summed E-state index contributed by atoms with van der Waals surface area (Å²) >= 11 is 0. The number of rotatable bonds is 1. The van der Waals surface area contributed by atoms with Gasteiger partial charge in [0.15, 0.2) is 19.7 Å². The molecule has 0 N–H and O–H groups in total. The van der Waals surface area contributed by atoms with E-state index in [0.717, 1.165) is 22.5 Å². The minimum Gasteiger partial charge on any atom is -0.310 e. The molecule has 1 aliphatic carbocycles. The molecule has 2 unspecified atom stereocenters. The molecular weight excluding hydrogens is 454 g/mol. The molecule has 0 fully saturated rings. The monoisotopic (exact) mass is 480 g/mol. The Hall–Kier alpha value is -3.16. The zero-order chi connectivity index (χ0) is 25.9. The molecule has 33 heavy (non-hydrogen) atoms. The number of hydrogen-bond donors (Lipinski definition) is 0. The normalized spacial score (nSPS) is 25.8. The molecule has 5 nitrogen and oxygen atoms in total. The highest BCUT2D eigenvalue weighted by atomic mass is 32.2. The standard InChI is InChI=1S/C26H21NO4S2.H2/c1-17-19-8-2-4-10-21(19)27(22-11-5-3-9-20(17)22)18-14-15-25-26(16-18)33(30,31)24-13-7-6-12-23(24)32(25,28)29;/h2-17,25-26H,1H3;1H/i17D;1+1D.